The van der Waals surface area contributed by atoms with Crippen LogP contribution in [0.5, 0.6) is 0 Å². The molecule has 1 aromatic carbocycles. The Morgan fingerprint density at radius 3 is 2.40 bits per heavy atom. The maximum Gasteiger partial charge on any atom is 0.405 e. The summed E-state index contributed by atoms with van der Waals surface area (Å²) in [4.78, 5) is 12.9. The van der Waals surface area contributed by atoms with Crippen LogP contribution in [0.4, 0.5) is 18.9 Å². The van der Waals surface area contributed by atoms with Crippen molar-refractivity contribution < 1.29 is 23.1 Å². The molecule has 0 aliphatic heterocycles. The van der Waals surface area contributed by atoms with E-state index in [0.717, 1.165) is 4.90 Å². The molecule has 0 bridgehead atoms. The molecule has 20 heavy (non-hydrogen) atoms. The smallest absolute Gasteiger partial charge is 0.405 e. The molecule has 1 N–H and O–H groups in total. The maximum atomic E-state index is 12.7. The lowest BCUT2D eigenvalue weighted by molar-refractivity contribution is -0.120. The maximum absolute atomic E-state index is 12.7. The van der Waals surface area contributed by atoms with E-state index in [4.69, 9.17) is 0 Å². The summed E-state index contributed by atoms with van der Waals surface area (Å²) in [6, 6.07) is 4.10. The molecule has 0 aliphatic carbocycles. The van der Waals surface area contributed by atoms with Crippen molar-refractivity contribution in [2.45, 2.75) is 31.0 Å². The molecule has 0 aromatic heterocycles. The van der Waals surface area contributed by atoms with Gasteiger partial charge in [-0.05, 0) is 32.2 Å². The summed E-state index contributed by atoms with van der Waals surface area (Å²) < 4.78 is 38.0. The lowest BCUT2D eigenvalue weighted by Crippen LogP contribution is -2.40. The summed E-state index contributed by atoms with van der Waals surface area (Å²) in [5, 5.41) is 9.29. The van der Waals surface area contributed by atoms with Crippen molar-refractivity contribution in [3.05, 3.63) is 23.8 Å². The third-order valence-electron chi connectivity index (χ3n) is 2.72. The number of carbonyl (C=O) groups is 1. The molecular weight excluding hydrogens is 291 g/mol. The molecular formula is C13H16F3NO2S. The van der Waals surface area contributed by atoms with Gasteiger partial charge in [0, 0.05) is 10.9 Å². The minimum Gasteiger partial charge on any atom is -0.478 e. The first-order valence-electron chi connectivity index (χ1n) is 5.91. The number of carboxylic acid groups (broad SMARTS) is 1. The van der Waals surface area contributed by atoms with E-state index >= 15 is 0 Å². The monoisotopic (exact) mass is 307 g/mol. The highest BCUT2D eigenvalue weighted by Gasteiger charge is 2.33. The summed E-state index contributed by atoms with van der Waals surface area (Å²) in [6.45, 7) is 2.02. The summed E-state index contributed by atoms with van der Waals surface area (Å²) in [6.07, 6.45) is -2.70. The Balaban J connectivity index is 3.37. The number of benzene rings is 1. The summed E-state index contributed by atoms with van der Waals surface area (Å²) in [5.41, 5.74) is 0.00891. The molecule has 0 aliphatic rings. The number of carboxylic acids is 1. The minimum atomic E-state index is -4.39. The molecule has 0 saturated carbocycles. The van der Waals surface area contributed by atoms with E-state index in [2.05, 4.69) is 0 Å². The van der Waals surface area contributed by atoms with Gasteiger partial charge in [-0.2, -0.15) is 13.2 Å². The first-order valence-corrected chi connectivity index (χ1v) is 7.13. The van der Waals surface area contributed by atoms with Crippen LogP contribution >= 0.6 is 11.8 Å². The molecule has 0 amide bonds. The van der Waals surface area contributed by atoms with Crippen LogP contribution in [-0.4, -0.2) is 36.1 Å². The fourth-order valence-electron chi connectivity index (χ4n) is 1.88. The number of thioether (sulfide) groups is 1. The topological polar surface area (TPSA) is 40.5 Å². The van der Waals surface area contributed by atoms with Crippen LogP contribution < -0.4 is 4.90 Å². The van der Waals surface area contributed by atoms with E-state index in [1.807, 2.05) is 0 Å². The highest BCUT2D eigenvalue weighted by molar-refractivity contribution is 7.98. The second kappa shape index (κ2) is 6.39. The third-order valence-corrected chi connectivity index (χ3v) is 3.50. The van der Waals surface area contributed by atoms with Gasteiger partial charge in [0.2, 0.25) is 0 Å². The molecule has 0 spiro atoms. The van der Waals surface area contributed by atoms with Gasteiger partial charge in [-0.1, -0.05) is 6.07 Å². The van der Waals surface area contributed by atoms with Gasteiger partial charge in [0.05, 0.1) is 11.3 Å². The summed E-state index contributed by atoms with van der Waals surface area (Å²) >= 11 is 1.20. The molecule has 0 radical (unpaired) electrons. The normalized spacial score (nSPS) is 11.8. The Labute approximate surface area is 119 Å². The highest BCUT2D eigenvalue weighted by atomic mass is 32.2. The van der Waals surface area contributed by atoms with Crippen molar-refractivity contribution in [2.75, 3.05) is 17.7 Å². The fourth-order valence-corrected chi connectivity index (χ4v) is 2.49. The molecule has 0 saturated heterocycles. The van der Waals surface area contributed by atoms with Gasteiger partial charge in [-0.25, -0.2) is 4.79 Å². The predicted molar refractivity (Wildman–Crippen MR) is 73.7 cm³/mol. The van der Waals surface area contributed by atoms with Gasteiger partial charge in [-0.15, -0.1) is 11.8 Å². The number of alkyl halides is 3. The van der Waals surface area contributed by atoms with Gasteiger partial charge in [0.25, 0.3) is 0 Å². The van der Waals surface area contributed by atoms with Crippen LogP contribution in [0.25, 0.3) is 0 Å². The quantitative estimate of drug-likeness (QED) is 0.838. The van der Waals surface area contributed by atoms with E-state index in [-0.39, 0.29) is 11.3 Å². The Hall–Kier alpha value is -1.37. The molecule has 0 unspecified atom stereocenters. The second-order valence-corrected chi connectivity index (χ2v) is 5.34. The molecule has 3 nitrogen and oxygen atoms in total. The fraction of sp³-hybridized carbons (Fsp3) is 0.462. The van der Waals surface area contributed by atoms with Crippen LogP contribution in [0.2, 0.25) is 0 Å². The average molecular weight is 307 g/mol. The van der Waals surface area contributed by atoms with Crippen LogP contribution in [0.3, 0.4) is 0 Å². The second-order valence-electron chi connectivity index (χ2n) is 4.50. The van der Waals surface area contributed by atoms with Crippen molar-refractivity contribution in [2.24, 2.45) is 0 Å². The highest BCUT2D eigenvalue weighted by Crippen LogP contribution is 2.32. The SMILES string of the molecule is CSc1cccc(N(CC(F)(F)F)C(C)C)c1C(=O)O. The molecule has 7 heteroatoms. The number of hydrogen-bond acceptors (Lipinski definition) is 3. The van der Waals surface area contributed by atoms with Crippen LogP contribution in [-0.2, 0) is 0 Å². The minimum absolute atomic E-state index is 0.0852. The Morgan fingerprint density at radius 2 is 2.00 bits per heavy atom. The number of nitrogens with zero attached hydrogens (tertiary/aromatic N) is 1. The van der Waals surface area contributed by atoms with Gasteiger partial charge in [-0.3, -0.25) is 0 Å². The van der Waals surface area contributed by atoms with Gasteiger partial charge in [0.1, 0.15) is 6.54 Å². The zero-order valence-electron chi connectivity index (χ0n) is 11.4. The van der Waals surface area contributed by atoms with E-state index in [1.54, 1.807) is 32.2 Å². The Morgan fingerprint density at radius 1 is 1.40 bits per heavy atom. The number of aromatic carboxylic acids is 1. The predicted octanol–water partition coefficient (Wildman–Crippen LogP) is 3.88. The third kappa shape index (κ3) is 4.06. The van der Waals surface area contributed by atoms with Crippen molar-refractivity contribution in [3.63, 3.8) is 0 Å². The van der Waals surface area contributed by atoms with E-state index in [1.165, 1.54) is 17.8 Å². The zero-order valence-corrected chi connectivity index (χ0v) is 12.2. The zero-order chi connectivity index (χ0) is 15.5. The summed E-state index contributed by atoms with van der Waals surface area (Å²) in [7, 11) is 0. The summed E-state index contributed by atoms with van der Waals surface area (Å²) in [5.74, 6) is -1.22. The lowest BCUT2D eigenvalue weighted by Gasteiger charge is -2.31. The van der Waals surface area contributed by atoms with Crippen molar-refractivity contribution in [3.8, 4) is 0 Å². The molecule has 0 heterocycles. The van der Waals surface area contributed by atoms with Crippen molar-refractivity contribution >= 4 is 23.4 Å². The Kier molecular flexibility index (Phi) is 5.33. The molecule has 0 atom stereocenters. The number of anilines is 1. The first-order chi connectivity index (χ1) is 9.17. The van der Waals surface area contributed by atoms with Crippen LogP contribution in [0.15, 0.2) is 23.1 Å². The van der Waals surface area contributed by atoms with E-state index < -0.39 is 24.7 Å². The molecule has 0 fully saturated rings. The average Bonchev–Trinajstić information content (AvgIpc) is 2.33. The Bertz CT molecular complexity index is 489. The van der Waals surface area contributed by atoms with Gasteiger partial charge >= 0.3 is 12.1 Å². The number of rotatable bonds is 5. The molecule has 1 aromatic rings. The van der Waals surface area contributed by atoms with Gasteiger partial charge < -0.3 is 10.0 Å². The van der Waals surface area contributed by atoms with Gasteiger partial charge in [0.15, 0.2) is 0 Å². The largest absolute Gasteiger partial charge is 0.478 e. The van der Waals surface area contributed by atoms with Crippen molar-refractivity contribution in [1.82, 2.24) is 0 Å². The van der Waals surface area contributed by atoms with E-state index in [0.29, 0.717) is 4.90 Å². The lowest BCUT2D eigenvalue weighted by atomic mass is 10.1. The molecule has 1 rings (SSSR count). The molecule has 112 valence electrons. The number of halogens is 3. The van der Waals surface area contributed by atoms with Crippen LogP contribution in [0, 0.1) is 0 Å². The van der Waals surface area contributed by atoms with Crippen molar-refractivity contribution in [1.29, 1.82) is 0 Å². The number of hydrogen-bond donors (Lipinski definition) is 1. The van der Waals surface area contributed by atoms with E-state index in [9.17, 15) is 23.1 Å². The van der Waals surface area contributed by atoms with Crippen LogP contribution in [0.1, 0.15) is 24.2 Å². The first kappa shape index (κ1) is 16.7. The standard InChI is InChI=1S/C13H16F3NO2S/c1-8(2)17(7-13(14,15)16)9-5-4-6-10(20-3)11(9)12(18)19/h4-6,8H,7H2,1-3H3,(H,18,19).